The van der Waals surface area contributed by atoms with Crippen molar-refractivity contribution < 1.29 is 18.3 Å². The lowest BCUT2D eigenvalue weighted by molar-refractivity contribution is -0.105. The molecule has 10 heteroatoms. The van der Waals surface area contributed by atoms with Crippen LogP contribution in [-0.2, 0) is 16.8 Å². The smallest absolute Gasteiger partial charge is 0.247 e. The fourth-order valence-corrected chi connectivity index (χ4v) is 3.81. The molecule has 0 saturated carbocycles. The van der Waals surface area contributed by atoms with Crippen molar-refractivity contribution in [3.8, 4) is 23.0 Å². The lowest BCUT2D eigenvalue weighted by atomic mass is 10.1. The van der Waals surface area contributed by atoms with Gasteiger partial charge in [0.25, 0.3) is 0 Å². The summed E-state index contributed by atoms with van der Waals surface area (Å²) in [5.41, 5.74) is 3.76. The maximum atomic E-state index is 14.2. The number of ether oxygens (including phenoxy) is 1. The molecular weight excluding hydrogens is 499 g/mol. The van der Waals surface area contributed by atoms with Crippen LogP contribution in [0.2, 0.25) is 0 Å². The molecule has 0 aliphatic carbocycles. The standard InChI is InChI=1S/C21H18FN3O2.C8H13N3O/c1-4-14-9-12(2)20(11-17(14)22)27-19-7-8-23-18-6-5-15(10-16(18)19)21-25-24-13(3)26-21;1-8(2,3)11-5-7(4-10-11)9-6-12/h5-11H,4H2,1-3H3;4-6H,1-3H3,(H,9,12). The second-order valence-electron chi connectivity index (χ2n) is 9.94. The van der Waals surface area contributed by atoms with Gasteiger partial charge >= 0.3 is 0 Å². The number of fused-ring (bicyclic) bond motifs is 1. The van der Waals surface area contributed by atoms with Crippen molar-refractivity contribution in [1.82, 2.24) is 25.0 Å². The maximum absolute atomic E-state index is 14.2. The van der Waals surface area contributed by atoms with Gasteiger partial charge < -0.3 is 14.5 Å². The number of aryl methyl sites for hydroxylation is 3. The highest BCUT2D eigenvalue weighted by Crippen LogP contribution is 2.34. The van der Waals surface area contributed by atoms with Crippen LogP contribution in [0.25, 0.3) is 22.4 Å². The Balaban J connectivity index is 0.000000247. The first-order valence-electron chi connectivity index (χ1n) is 12.5. The molecule has 0 fully saturated rings. The summed E-state index contributed by atoms with van der Waals surface area (Å²) in [6.07, 6.45) is 6.37. The number of rotatable bonds is 6. The van der Waals surface area contributed by atoms with E-state index in [0.29, 0.717) is 41.7 Å². The number of hydrogen-bond acceptors (Lipinski definition) is 7. The van der Waals surface area contributed by atoms with Crippen LogP contribution >= 0.6 is 0 Å². The monoisotopic (exact) mass is 530 g/mol. The second-order valence-corrected chi connectivity index (χ2v) is 9.94. The zero-order chi connectivity index (χ0) is 28.2. The van der Waals surface area contributed by atoms with Crippen LogP contribution in [0.15, 0.2) is 59.4 Å². The quantitative estimate of drug-likeness (QED) is 0.246. The minimum Gasteiger partial charge on any atom is -0.456 e. The van der Waals surface area contributed by atoms with Crippen LogP contribution in [-0.4, -0.2) is 31.4 Å². The van der Waals surface area contributed by atoms with Crippen molar-refractivity contribution >= 4 is 23.0 Å². The van der Waals surface area contributed by atoms with Crippen molar-refractivity contribution in [2.75, 3.05) is 5.32 Å². The van der Waals surface area contributed by atoms with Gasteiger partial charge in [0.15, 0.2) is 0 Å². The van der Waals surface area contributed by atoms with E-state index in [0.717, 1.165) is 27.7 Å². The molecule has 0 unspecified atom stereocenters. The number of benzene rings is 2. The minimum absolute atomic E-state index is 0.0389. The van der Waals surface area contributed by atoms with E-state index in [1.54, 1.807) is 36.3 Å². The van der Waals surface area contributed by atoms with Gasteiger partial charge in [0.2, 0.25) is 18.2 Å². The van der Waals surface area contributed by atoms with Crippen molar-refractivity contribution in [2.45, 2.75) is 53.5 Å². The number of amides is 1. The third-order valence-electron chi connectivity index (χ3n) is 5.91. The third kappa shape index (κ3) is 6.46. The summed E-state index contributed by atoms with van der Waals surface area (Å²) in [5.74, 6) is 1.73. The first-order valence-corrected chi connectivity index (χ1v) is 12.5. The van der Waals surface area contributed by atoms with Crippen molar-refractivity contribution in [3.63, 3.8) is 0 Å². The lowest BCUT2D eigenvalue weighted by Gasteiger charge is -2.18. The predicted octanol–water partition coefficient (Wildman–Crippen LogP) is 6.60. The van der Waals surface area contributed by atoms with Gasteiger partial charge in [0.05, 0.1) is 22.9 Å². The highest BCUT2D eigenvalue weighted by molar-refractivity contribution is 5.88. The van der Waals surface area contributed by atoms with E-state index in [1.165, 1.54) is 6.07 Å². The number of carbonyl (C=O) groups is 1. The number of aromatic nitrogens is 5. The average molecular weight is 531 g/mol. The fraction of sp³-hybridized carbons (Fsp3) is 0.276. The Hall–Kier alpha value is -4.60. The van der Waals surface area contributed by atoms with Crippen LogP contribution in [0.4, 0.5) is 10.1 Å². The molecule has 0 spiro atoms. The van der Waals surface area contributed by atoms with E-state index in [4.69, 9.17) is 9.15 Å². The summed E-state index contributed by atoms with van der Waals surface area (Å²) in [4.78, 5) is 14.5. The van der Waals surface area contributed by atoms with Gasteiger partial charge in [-0.2, -0.15) is 5.10 Å². The molecule has 0 aliphatic heterocycles. The number of nitrogens with one attached hydrogen (secondary N) is 1. The number of nitrogens with zero attached hydrogens (tertiary/aromatic N) is 5. The fourth-order valence-electron chi connectivity index (χ4n) is 3.81. The van der Waals surface area contributed by atoms with Crippen LogP contribution in [0.1, 0.15) is 44.7 Å². The minimum atomic E-state index is -0.265. The first kappa shape index (κ1) is 27.4. The molecule has 3 aromatic heterocycles. The van der Waals surface area contributed by atoms with Gasteiger partial charge in [-0.15, -0.1) is 10.2 Å². The highest BCUT2D eigenvalue weighted by Gasteiger charge is 2.14. The van der Waals surface area contributed by atoms with Crippen LogP contribution < -0.4 is 10.1 Å². The van der Waals surface area contributed by atoms with Gasteiger partial charge in [-0.3, -0.25) is 14.5 Å². The molecule has 0 atom stereocenters. The molecular formula is C29H31FN6O3. The molecule has 39 heavy (non-hydrogen) atoms. The summed E-state index contributed by atoms with van der Waals surface area (Å²) in [5, 5.41) is 15.3. The Bertz CT molecular complexity index is 1600. The number of carbonyl (C=O) groups excluding carboxylic acids is 1. The van der Waals surface area contributed by atoms with E-state index >= 15 is 0 Å². The molecule has 3 heterocycles. The molecule has 1 amide bonds. The average Bonchev–Trinajstić information content (AvgIpc) is 3.56. The molecule has 9 nitrogen and oxygen atoms in total. The van der Waals surface area contributed by atoms with Gasteiger partial charge in [0, 0.05) is 36.3 Å². The topological polar surface area (TPSA) is 108 Å². The zero-order valence-electron chi connectivity index (χ0n) is 22.8. The van der Waals surface area contributed by atoms with E-state index in [2.05, 4.69) is 25.6 Å². The molecule has 202 valence electrons. The Kier molecular flexibility index (Phi) is 8.04. The Labute approximate surface area is 226 Å². The number of pyridine rings is 1. The van der Waals surface area contributed by atoms with Gasteiger partial charge in [-0.25, -0.2) is 4.39 Å². The summed E-state index contributed by atoms with van der Waals surface area (Å²) in [6, 6.07) is 10.6. The van der Waals surface area contributed by atoms with E-state index in [9.17, 15) is 9.18 Å². The van der Waals surface area contributed by atoms with Crippen molar-refractivity contribution in [1.29, 1.82) is 0 Å². The molecule has 5 rings (SSSR count). The summed E-state index contributed by atoms with van der Waals surface area (Å²) >= 11 is 0. The van der Waals surface area contributed by atoms with Crippen LogP contribution in [0, 0.1) is 19.7 Å². The van der Waals surface area contributed by atoms with Crippen LogP contribution in [0.3, 0.4) is 0 Å². The van der Waals surface area contributed by atoms with Crippen molar-refractivity contribution in [3.05, 3.63) is 77.8 Å². The number of halogens is 1. The predicted molar refractivity (Wildman–Crippen MR) is 147 cm³/mol. The summed E-state index contributed by atoms with van der Waals surface area (Å²) in [7, 11) is 0. The number of hydrogen-bond donors (Lipinski definition) is 1. The zero-order valence-corrected chi connectivity index (χ0v) is 22.8. The molecule has 0 saturated heterocycles. The van der Waals surface area contributed by atoms with Gasteiger partial charge in [0.1, 0.15) is 17.3 Å². The summed E-state index contributed by atoms with van der Waals surface area (Å²) in [6.45, 7) is 11.7. The largest absolute Gasteiger partial charge is 0.456 e. The third-order valence-corrected chi connectivity index (χ3v) is 5.91. The van der Waals surface area contributed by atoms with Crippen LogP contribution in [0.5, 0.6) is 11.5 Å². The number of anilines is 1. The Morgan fingerprint density at radius 1 is 1.10 bits per heavy atom. The second kappa shape index (κ2) is 11.4. The maximum Gasteiger partial charge on any atom is 0.247 e. The van der Waals surface area contributed by atoms with Crippen molar-refractivity contribution in [2.24, 2.45) is 0 Å². The molecule has 0 aliphatic rings. The molecule has 2 aromatic carbocycles. The Morgan fingerprint density at radius 2 is 1.90 bits per heavy atom. The Morgan fingerprint density at radius 3 is 2.54 bits per heavy atom. The van der Waals surface area contributed by atoms with E-state index < -0.39 is 0 Å². The van der Waals surface area contributed by atoms with Gasteiger partial charge in [-0.05, 0) is 75.6 Å². The summed E-state index contributed by atoms with van der Waals surface area (Å²) < 4.78 is 27.6. The molecule has 5 aromatic rings. The first-order chi connectivity index (χ1) is 18.6. The molecule has 1 N–H and O–H groups in total. The highest BCUT2D eigenvalue weighted by atomic mass is 19.1. The molecule has 0 radical (unpaired) electrons. The van der Waals surface area contributed by atoms with E-state index in [-0.39, 0.29) is 11.4 Å². The SMILES string of the molecule is CC(C)(C)n1cc(NC=O)cn1.CCc1cc(C)c(Oc2ccnc3ccc(-c4nnc(C)o4)cc23)cc1F. The molecule has 0 bridgehead atoms. The lowest BCUT2D eigenvalue weighted by Crippen LogP contribution is -2.21. The van der Waals surface area contributed by atoms with Gasteiger partial charge in [-0.1, -0.05) is 6.92 Å². The normalized spacial score (nSPS) is 11.2. The van der Waals surface area contributed by atoms with E-state index in [1.807, 2.05) is 58.9 Å².